The smallest absolute Gasteiger partial charge is 0.257 e. The second-order valence-corrected chi connectivity index (χ2v) is 7.97. The van der Waals surface area contributed by atoms with Crippen molar-refractivity contribution in [3.8, 4) is 11.3 Å². The van der Waals surface area contributed by atoms with Gasteiger partial charge in [-0.25, -0.2) is 4.98 Å². The molecule has 0 aliphatic carbocycles. The molecule has 0 spiro atoms. The molecule has 7 nitrogen and oxygen atoms in total. The van der Waals surface area contributed by atoms with E-state index in [-0.39, 0.29) is 11.9 Å². The lowest BCUT2D eigenvalue weighted by molar-refractivity contribution is 0.0717. The van der Waals surface area contributed by atoms with Crippen LogP contribution in [0, 0.1) is 0 Å². The Labute approximate surface area is 185 Å². The highest BCUT2D eigenvalue weighted by atomic mass is 35.5. The summed E-state index contributed by atoms with van der Waals surface area (Å²) in [6.07, 6.45) is 6.22. The minimum absolute atomic E-state index is 0.000595. The fraction of sp³-hybridized carbons (Fsp3) is 0.227. The Balaban J connectivity index is 1.38. The molecule has 4 aromatic rings. The Morgan fingerprint density at radius 1 is 1.23 bits per heavy atom. The van der Waals surface area contributed by atoms with Crippen molar-refractivity contribution in [1.82, 2.24) is 19.5 Å². The molecule has 1 saturated heterocycles. The maximum absolute atomic E-state index is 12.5. The van der Waals surface area contributed by atoms with E-state index >= 15 is 0 Å². The number of amides is 1. The SMILES string of the molecule is [B]c1cnn2c(NC3CCN(C(=O)c4ccoc4)CC3)cc(-c3ccccc3Cl)nc12. The summed E-state index contributed by atoms with van der Waals surface area (Å²) in [4.78, 5) is 19.1. The van der Waals surface area contributed by atoms with Crippen molar-refractivity contribution in [2.45, 2.75) is 18.9 Å². The van der Waals surface area contributed by atoms with Crippen molar-refractivity contribution in [3.63, 3.8) is 0 Å². The van der Waals surface area contributed by atoms with Gasteiger partial charge in [0.15, 0.2) is 5.65 Å². The van der Waals surface area contributed by atoms with E-state index in [1.54, 1.807) is 16.8 Å². The summed E-state index contributed by atoms with van der Waals surface area (Å²) in [6.45, 7) is 1.32. The molecule has 9 heteroatoms. The zero-order valence-electron chi connectivity index (χ0n) is 16.7. The molecule has 0 bridgehead atoms. The summed E-state index contributed by atoms with van der Waals surface area (Å²) in [5.41, 5.74) is 3.21. The molecule has 1 N–H and O–H groups in total. The van der Waals surface area contributed by atoms with Crippen LogP contribution < -0.4 is 10.8 Å². The Morgan fingerprint density at radius 3 is 2.77 bits per heavy atom. The molecule has 4 heterocycles. The van der Waals surface area contributed by atoms with Gasteiger partial charge < -0.3 is 14.6 Å². The van der Waals surface area contributed by atoms with Crippen LogP contribution in [0.4, 0.5) is 5.82 Å². The molecule has 31 heavy (non-hydrogen) atoms. The molecular formula is C22H19BClN5O2. The molecule has 154 valence electrons. The molecule has 1 amide bonds. The van der Waals surface area contributed by atoms with Crippen molar-refractivity contribution in [1.29, 1.82) is 0 Å². The van der Waals surface area contributed by atoms with Crippen LogP contribution in [0.3, 0.4) is 0 Å². The van der Waals surface area contributed by atoms with Crippen LogP contribution in [0.1, 0.15) is 23.2 Å². The summed E-state index contributed by atoms with van der Waals surface area (Å²) < 4.78 is 6.74. The number of nitrogens with zero attached hydrogens (tertiary/aromatic N) is 4. The minimum atomic E-state index is -0.000595. The molecule has 0 unspecified atom stereocenters. The lowest BCUT2D eigenvalue weighted by Crippen LogP contribution is -2.42. The van der Waals surface area contributed by atoms with Gasteiger partial charge in [0.25, 0.3) is 5.91 Å². The van der Waals surface area contributed by atoms with Crippen molar-refractivity contribution in [2.75, 3.05) is 18.4 Å². The Kier molecular flexibility index (Phi) is 5.15. The molecular weight excluding hydrogens is 413 g/mol. The van der Waals surface area contributed by atoms with Gasteiger partial charge in [-0.1, -0.05) is 29.8 Å². The summed E-state index contributed by atoms with van der Waals surface area (Å²) >= 11 is 6.40. The predicted molar refractivity (Wildman–Crippen MR) is 120 cm³/mol. The summed E-state index contributed by atoms with van der Waals surface area (Å²) in [6, 6.07) is 11.4. The first kappa shape index (κ1) is 19.7. The van der Waals surface area contributed by atoms with Gasteiger partial charge in [0, 0.05) is 42.0 Å². The van der Waals surface area contributed by atoms with Crippen LogP contribution in [0.5, 0.6) is 0 Å². The van der Waals surface area contributed by atoms with Gasteiger partial charge in [0.1, 0.15) is 19.9 Å². The first-order valence-corrected chi connectivity index (χ1v) is 10.4. The van der Waals surface area contributed by atoms with Crippen molar-refractivity contribution >= 4 is 42.3 Å². The third kappa shape index (κ3) is 3.79. The van der Waals surface area contributed by atoms with Gasteiger partial charge >= 0.3 is 0 Å². The molecule has 1 aliphatic heterocycles. The quantitative estimate of drug-likeness (QED) is 0.502. The molecule has 1 aliphatic rings. The molecule has 5 rings (SSSR count). The third-order valence-corrected chi connectivity index (χ3v) is 5.88. The lowest BCUT2D eigenvalue weighted by Gasteiger charge is -2.32. The Hall–Kier alpha value is -3.26. The summed E-state index contributed by atoms with van der Waals surface area (Å²) in [7, 11) is 6.10. The number of benzene rings is 1. The van der Waals surface area contributed by atoms with Crippen molar-refractivity contribution in [3.05, 3.63) is 65.7 Å². The Morgan fingerprint density at radius 2 is 2.03 bits per heavy atom. The van der Waals surface area contributed by atoms with Crippen LogP contribution >= 0.6 is 11.6 Å². The van der Waals surface area contributed by atoms with Gasteiger partial charge in [-0.05, 0) is 30.4 Å². The topological polar surface area (TPSA) is 75.7 Å². The monoisotopic (exact) mass is 431 g/mol. The standard InChI is InChI=1S/C22H19BClN5O2/c23-17-12-25-29-20(11-19(27-21(17)29)16-3-1-2-4-18(16)24)26-15-5-8-28(9-6-15)22(30)14-7-10-31-13-14/h1-4,7,10-13,15,26H,5-6,8-9H2. The van der Waals surface area contributed by atoms with E-state index in [0.29, 0.717) is 34.8 Å². The van der Waals surface area contributed by atoms with E-state index in [1.807, 2.05) is 35.2 Å². The largest absolute Gasteiger partial charge is 0.472 e. The number of carbonyl (C=O) groups excluding carboxylic acids is 1. The van der Waals surface area contributed by atoms with Crippen LogP contribution in [0.25, 0.3) is 16.9 Å². The Bertz CT molecular complexity index is 1230. The second-order valence-electron chi connectivity index (χ2n) is 7.56. The molecule has 1 fully saturated rings. The van der Waals surface area contributed by atoms with Crippen LogP contribution in [-0.4, -0.2) is 52.4 Å². The van der Waals surface area contributed by atoms with E-state index in [9.17, 15) is 4.79 Å². The molecule has 2 radical (unpaired) electrons. The lowest BCUT2D eigenvalue weighted by atomic mass is 10.0. The fourth-order valence-corrected chi connectivity index (χ4v) is 4.13. The molecule has 0 saturated carbocycles. The number of halogens is 1. The number of nitrogens with one attached hydrogen (secondary N) is 1. The van der Waals surface area contributed by atoms with Crippen LogP contribution in [0.15, 0.2) is 59.5 Å². The highest BCUT2D eigenvalue weighted by Crippen LogP contribution is 2.29. The predicted octanol–water partition coefficient (Wildman–Crippen LogP) is 3.15. The van der Waals surface area contributed by atoms with Gasteiger partial charge in [0.05, 0.1) is 17.5 Å². The van der Waals surface area contributed by atoms with Gasteiger partial charge in [-0.2, -0.15) is 9.61 Å². The number of fused-ring (bicyclic) bond motifs is 1. The first-order valence-electron chi connectivity index (χ1n) is 10.1. The number of carbonyl (C=O) groups is 1. The number of furan rings is 1. The highest BCUT2D eigenvalue weighted by molar-refractivity contribution is 6.36. The summed E-state index contributed by atoms with van der Waals surface area (Å²) in [5, 5.41) is 8.56. The van der Waals surface area contributed by atoms with Gasteiger partial charge in [-0.15, -0.1) is 0 Å². The zero-order chi connectivity index (χ0) is 21.4. The molecule has 1 aromatic carbocycles. The van der Waals surface area contributed by atoms with Crippen molar-refractivity contribution in [2.24, 2.45) is 0 Å². The van der Waals surface area contributed by atoms with Crippen LogP contribution in [-0.2, 0) is 0 Å². The zero-order valence-corrected chi connectivity index (χ0v) is 17.4. The maximum Gasteiger partial charge on any atom is 0.257 e. The number of hydrogen-bond donors (Lipinski definition) is 1. The number of piperidine rings is 1. The molecule has 3 aromatic heterocycles. The number of aromatic nitrogens is 3. The number of rotatable bonds is 4. The van der Waals surface area contributed by atoms with Gasteiger partial charge in [-0.3, -0.25) is 4.79 Å². The van der Waals surface area contributed by atoms with E-state index in [2.05, 4.69) is 15.4 Å². The van der Waals surface area contributed by atoms with E-state index in [0.717, 1.165) is 29.9 Å². The maximum atomic E-state index is 12.5. The minimum Gasteiger partial charge on any atom is -0.472 e. The summed E-state index contributed by atoms with van der Waals surface area (Å²) in [5.74, 6) is 0.788. The number of likely N-dealkylation sites (tertiary alicyclic amines) is 1. The van der Waals surface area contributed by atoms with Gasteiger partial charge in [0.2, 0.25) is 0 Å². The average molecular weight is 432 g/mol. The van der Waals surface area contributed by atoms with Crippen molar-refractivity contribution < 1.29 is 9.21 Å². The highest BCUT2D eigenvalue weighted by Gasteiger charge is 2.25. The molecule has 0 atom stereocenters. The van der Waals surface area contributed by atoms with E-state index in [4.69, 9.17) is 23.9 Å². The van der Waals surface area contributed by atoms with Crippen LogP contribution in [0.2, 0.25) is 5.02 Å². The third-order valence-electron chi connectivity index (χ3n) is 5.55. The number of hydrogen-bond acceptors (Lipinski definition) is 5. The average Bonchev–Trinajstić information content (AvgIpc) is 3.45. The normalized spacial score (nSPS) is 14.8. The second kappa shape index (κ2) is 8.11. The number of anilines is 1. The fourth-order valence-electron chi connectivity index (χ4n) is 3.89. The van der Waals surface area contributed by atoms with E-state index < -0.39 is 0 Å². The van der Waals surface area contributed by atoms with E-state index in [1.165, 1.54) is 12.5 Å². The first-order chi connectivity index (χ1) is 15.1.